The number of anilines is 2. The first kappa shape index (κ1) is 22.3. The van der Waals surface area contributed by atoms with Gasteiger partial charge >= 0.3 is 0 Å². The Morgan fingerprint density at radius 3 is 2.42 bits per heavy atom. The van der Waals surface area contributed by atoms with Crippen molar-refractivity contribution in [2.45, 2.75) is 9.79 Å². The molecule has 0 spiro atoms. The van der Waals surface area contributed by atoms with E-state index >= 15 is 0 Å². The number of sulfonamides is 1. The molecule has 0 fully saturated rings. The molecule has 0 saturated carbocycles. The minimum absolute atomic E-state index is 0.0195. The number of rotatable bonds is 8. The molecule has 1 N–H and O–H groups in total. The molecule has 0 bridgehead atoms. The standard InChI is InChI=1S/C21H19N3O5S2/c1-30-19-10-5-7-16(13-19)22-21(25)15-23(17-8-6-9-18(14-17)24(26)27)31(28,29)20-11-3-2-4-12-20/h2-14H,15H2,1H3,(H,22,25). The normalized spacial score (nSPS) is 11.0. The fraction of sp³-hybridized carbons (Fsp3) is 0.0952. The Hall–Kier alpha value is -3.37. The number of thioether (sulfide) groups is 1. The van der Waals surface area contributed by atoms with Gasteiger partial charge in [0.2, 0.25) is 5.91 Å². The van der Waals surface area contributed by atoms with Crippen molar-refractivity contribution < 1.29 is 18.1 Å². The van der Waals surface area contributed by atoms with Crippen molar-refractivity contribution in [2.75, 3.05) is 22.4 Å². The predicted octanol–water partition coefficient (Wildman–Crippen LogP) is 4.15. The molecule has 1 amide bonds. The average Bonchev–Trinajstić information content (AvgIpc) is 2.78. The molecule has 0 aromatic heterocycles. The maximum absolute atomic E-state index is 13.3. The number of hydrogen-bond donors (Lipinski definition) is 1. The van der Waals surface area contributed by atoms with E-state index in [1.54, 1.807) is 36.4 Å². The van der Waals surface area contributed by atoms with E-state index in [0.717, 1.165) is 15.3 Å². The van der Waals surface area contributed by atoms with Crippen molar-refractivity contribution in [3.63, 3.8) is 0 Å². The molecular weight excluding hydrogens is 438 g/mol. The Kier molecular flexibility index (Phi) is 6.93. The first-order chi connectivity index (χ1) is 14.8. The van der Waals surface area contributed by atoms with Crippen LogP contribution in [0.1, 0.15) is 0 Å². The van der Waals surface area contributed by atoms with E-state index in [1.807, 2.05) is 12.3 Å². The first-order valence-corrected chi connectivity index (χ1v) is 11.7. The van der Waals surface area contributed by atoms with E-state index in [9.17, 15) is 23.3 Å². The fourth-order valence-electron chi connectivity index (χ4n) is 2.83. The summed E-state index contributed by atoms with van der Waals surface area (Å²) in [6, 6.07) is 19.9. The number of hydrogen-bond acceptors (Lipinski definition) is 6. The molecule has 3 rings (SSSR count). The van der Waals surface area contributed by atoms with Crippen LogP contribution in [0.4, 0.5) is 17.1 Å². The lowest BCUT2D eigenvalue weighted by Gasteiger charge is -2.24. The molecular formula is C21H19N3O5S2. The fourth-order valence-corrected chi connectivity index (χ4v) is 4.72. The number of nitrogens with one attached hydrogen (secondary N) is 1. The largest absolute Gasteiger partial charge is 0.324 e. The van der Waals surface area contributed by atoms with Crippen LogP contribution >= 0.6 is 11.8 Å². The third kappa shape index (κ3) is 5.41. The highest BCUT2D eigenvalue weighted by Gasteiger charge is 2.28. The summed E-state index contributed by atoms with van der Waals surface area (Å²) in [4.78, 5) is 24.2. The van der Waals surface area contributed by atoms with Crippen LogP contribution in [0, 0.1) is 10.1 Å². The molecule has 8 nitrogen and oxygen atoms in total. The van der Waals surface area contributed by atoms with Crippen molar-refractivity contribution in [1.82, 2.24) is 0 Å². The minimum atomic E-state index is -4.15. The van der Waals surface area contributed by atoms with E-state index in [-0.39, 0.29) is 16.3 Å². The summed E-state index contributed by atoms with van der Waals surface area (Å²) in [6.45, 7) is -0.554. The van der Waals surface area contributed by atoms with Crippen molar-refractivity contribution in [2.24, 2.45) is 0 Å². The quantitative estimate of drug-likeness (QED) is 0.309. The van der Waals surface area contributed by atoms with Gasteiger partial charge in [-0.15, -0.1) is 11.8 Å². The van der Waals surface area contributed by atoms with Gasteiger partial charge in [0.15, 0.2) is 0 Å². The third-order valence-corrected chi connectivity index (χ3v) is 6.81. The number of benzene rings is 3. The molecule has 0 aliphatic carbocycles. The molecule has 31 heavy (non-hydrogen) atoms. The second-order valence-electron chi connectivity index (χ2n) is 6.38. The Bertz CT molecular complexity index is 1200. The van der Waals surface area contributed by atoms with Gasteiger partial charge in [-0.05, 0) is 42.7 Å². The average molecular weight is 458 g/mol. The smallest absolute Gasteiger partial charge is 0.271 e. The Morgan fingerprint density at radius 2 is 1.74 bits per heavy atom. The molecule has 0 unspecified atom stereocenters. The molecule has 0 heterocycles. The van der Waals surface area contributed by atoms with Crippen LogP contribution in [0.3, 0.4) is 0 Å². The molecule has 10 heteroatoms. The van der Waals surface area contributed by atoms with E-state index in [2.05, 4.69) is 5.32 Å². The summed E-state index contributed by atoms with van der Waals surface area (Å²) in [5.41, 5.74) is 0.262. The molecule has 0 aliphatic rings. The lowest BCUT2D eigenvalue weighted by Crippen LogP contribution is -2.38. The summed E-state index contributed by atoms with van der Waals surface area (Å²) in [5, 5.41) is 13.9. The lowest BCUT2D eigenvalue weighted by molar-refractivity contribution is -0.384. The molecule has 0 aliphatic heterocycles. The minimum Gasteiger partial charge on any atom is -0.324 e. The predicted molar refractivity (Wildman–Crippen MR) is 121 cm³/mol. The second-order valence-corrected chi connectivity index (χ2v) is 9.12. The SMILES string of the molecule is CSc1cccc(NC(=O)CN(c2cccc([N+](=O)[O-])c2)S(=O)(=O)c2ccccc2)c1. The highest BCUT2D eigenvalue weighted by molar-refractivity contribution is 7.98. The Morgan fingerprint density at radius 1 is 1.03 bits per heavy atom. The zero-order valence-corrected chi connectivity index (χ0v) is 18.1. The van der Waals surface area contributed by atoms with Crippen LogP contribution in [0.25, 0.3) is 0 Å². The Balaban J connectivity index is 1.97. The molecule has 3 aromatic carbocycles. The van der Waals surface area contributed by atoms with Gasteiger partial charge in [0, 0.05) is 22.7 Å². The van der Waals surface area contributed by atoms with Crippen LogP contribution in [-0.2, 0) is 14.8 Å². The van der Waals surface area contributed by atoms with Crippen LogP contribution in [0.5, 0.6) is 0 Å². The Labute approximate surface area is 184 Å². The van der Waals surface area contributed by atoms with Gasteiger partial charge < -0.3 is 5.32 Å². The molecule has 0 radical (unpaired) electrons. The van der Waals surface area contributed by atoms with Gasteiger partial charge in [0.25, 0.3) is 15.7 Å². The van der Waals surface area contributed by atoms with Gasteiger partial charge in [-0.3, -0.25) is 19.2 Å². The van der Waals surface area contributed by atoms with Crippen LogP contribution in [0.2, 0.25) is 0 Å². The van der Waals surface area contributed by atoms with Gasteiger partial charge in [-0.25, -0.2) is 8.42 Å². The lowest BCUT2D eigenvalue weighted by atomic mass is 10.3. The number of carbonyl (C=O) groups is 1. The highest BCUT2D eigenvalue weighted by Crippen LogP contribution is 2.27. The van der Waals surface area contributed by atoms with Crippen LogP contribution in [0.15, 0.2) is 88.7 Å². The zero-order valence-electron chi connectivity index (χ0n) is 16.5. The maximum Gasteiger partial charge on any atom is 0.271 e. The molecule has 0 atom stereocenters. The van der Waals surface area contributed by atoms with Crippen molar-refractivity contribution in [1.29, 1.82) is 0 Å². The van der Waals surface area contributed by atoms with Gasteiger partial charge in [-0.1, -0.05) is 30.3 Å². The third-order valence-electron chi connectivity index (χ3n) is 4.30. The molecule has 3 aromatic rings. The summed E-state index contributed by atoms with van der Waals surface area (Å²) >= 11 is 1.51. The van der Waals surface area contributed by atoms with E-state index in [4.69, 9.17) is 0 Å². The number of nitro benzene ring substituents is 1. The molecule has 160 valence electrons. The van der Waals surface area contributed by atoms with E-state index in [0.29, 0.717) is 5.69 Å². The second kappa shape index (κ2) is 9.63. The summed E-state index contributed by atoms with van der Waals surface area (Å²) in [7, 11) is -4.15. The number of amides is 1. The number of non-ortho nitro benzene ring substituents is 1. The highest BCUT2D eigenvalue weighted by atomic mass is 32.2. The van der Waals surface area contributed by atoms with Gasteiger partial charge in [0.1, 0.15) is 6.54 Å². The number of nitrogens with zero attached hydrogens (tertiary/aromatic N) is 2. The van der Waals surface area contributed by atoms with E-state index in [1.165, 1.54) is 42.1 Å². The number of nitro groups is 1. The van der Waals surface area contributed by atoms with Crippen LogP contribution in [-0.4, -0.2) is 32.0 Å². The maximum atomic E-state index is 13.3. The van der Waals surface area contributed by atoms with Gasteiger partial charge in [-0.2, -0.15) is 0 Å². The van der Waals surface area contributed by atoms with Crippen molar-refractivity contribution in [3.05, 3.63) is 89.0 Å². The summed E-state index contributed by atoms with van der Waals surface area (Å²) in [5.74, 6) is -0.579. The van der Waals surface area contributed by atoms with E-state index < -0.39 is 27.4 Å². The summed E-state index contributed by atoms with van der Waals surface area (Å²) in [6.07, 6.45) is 1.90. The molecule has 0 saturated heterocycles. The zero-order chi connectivity index (χ0) is 22.4. The van der Waals surface area contributed by atoms with Gasteiger partial charge in [0.05, 0.1) is 15.5 Å². The van der Waals surface area contributed by atoms with Crippen molar-refractivity contribution in [3.8, 4) is 0 Å². The van der Waals surface area contributed by atoms with Crippen LogP contribution < -0.4 is 9.62 Å². The summed E-state index contributed by atoms with van der Waals surface area (Å²) < 4.78 is 27.4. The topological polar surface area (TPSA) is 110 Å². The number of carbonyl (C=O) groups excluding carboxylic acids is 1. The first-order valence-electron chi connectivity index (χ1n) is 9.07. The van der Waals surface area contributed by atoms with Crippen molar-refractivity contribution >= 4 is 44.8 Å². The monoisotopic (exact) mass is 457 g/mol.